The third-order valence-corrected chi connectivity index (χ3v) is 3.90. The molecule has 1 fully saturated rings. The molecule has 1 aromatic carbocycles. The minimum absolute atomic E-state index is 0.0246. The van der Waals surface area contributed by atoms with E-state index in [1.165, 1.54) is 6.92 Å². The van der Waals surface area contributed by atoms with Gasteiger partial charge in [-0.2, -0.15) is 0 Å². The summed E-state index contributed by atoms with van der Waals surface area (Å²) < 4.78 is 0. The Hall–Kier alpha value is -2.17. The predicted molar refractivity (Wildman–Crippen MR) is 77.3 cm³/mol. The van der Waals surface area contributed by atoms with Crippen molar-refractivity contribution in [1.82, 2.24) is 4.90 Å². The molecule has 112 valence electrons. The largest absolute Gasteiger partial charge is 0.481 e. The second-order valence-corrected chi connectivity index (χ2v) is 5.47. The molecule has 2 rings (SSSR count). The van der Waals surface area contributed by atoms with E-state index in [0.717, 1.165) is 12.8 Å². The highest BCUT2D eigenvalue weighted by Gasteiger charge is 2.24. The van der Waals surface area contributed by atoms with Gasteiger partial charge in [-0.1, -0.05) is 12.1 Å². The summed E-state index contributed by atoms with van der Waals surface area (Å²) in [5, 5.41) is 8.78. The first kappa shape index (κ1) is 15.2. The van der Waals surface area contributed by atoms with Crippen molar-refractivity contribution in [3.8, 4) is 0 Å². The summed E-state index contributed by atoms with van der Waals surface area (Å²) in [6, 6.07) is 6.66. The summed E-state index contributed by atoms with van der Waals surface area (Å²) >= 11 is 0. The lowest BCUT2D eigenvalue weighted by atomic mass is 9.93. The van der Waals surface area contributed by atoms with Crippen LogP contribution in [-0.2, 0) is 4.79 Å². The number of carbonyl (C=O) groups excluding carboxylic acids is 2. The molecule has 1 heterocycles. The van der Waals surface area contributed by atoms with E-state index in [-0.39, 0.29) is 24.0 Å². The molecule has 5 heteroatoms. The SMILES string of the molecule is CC(=O)c1ccc(C(=O)N2CCC(CC(=O)O)CC2)cc1. The first-order chi connectivity index (χ1) is 9.97. The van der Waals surface area contributed by atoms with Crippen molar-refractivity contribution in [2.24, 2.45) is 5.92 Å². The van der Waals surface area contributed by atoms with E-state index in [1.807, 2.05) is 0 Å². The average molecular weight is 289 g/mol. The van der Waals surface area contributed by atoms with Gasteiger partial charge in [-0.15, -0.1) is 0 Å². The fourth-order valence-electron chi connectivity index (χ4n) is 2.62. The van der Waals surface area contributed by atoms with Crippen molar-refractivity contribution >= 4 is 17.7 Å². The molecule has 1 aliphatic heterocycles. The van der Waals surface area contributed by atoms with Crippen molar-refractivity contribution in [2.75, 3.05) is 13.1 Å². The Bertz CT molecular complexity index is 542. The Morgan fingerprint density at radius 3 is 2.10 bits per heavy atom. The number of hydrogen-bond donors (Lipinski definition) is 1. The molecule has 21 heavy (non-hydrogen) atoms. The van der Waals surface area contributed by atoms with E-state index >= 15 is 0 Å². The van der Waals surface area contributed by atoms with Crippen LogP contribution in [0.15, 0.2) is 24.3 Å². The second-order valence-electron chi connectivity index (χ2n) is 5.47. The van der Waals surface area contributed by atoms with Gasteiger partial charge in [-0.3, -0.25) is 14.4 Å². The summed E-state index contributed by atoms with van der Waals surface area (Å²) in [5.41, 5.74) is 1.16. The molecule has 0 aromatic heterocycles. The van der Waals surface area contributed by atoms with Crippen LogP contribution in [0.3, 0.4) is 0 Å². The molecule has 0 aliphatic carbocycles. The van der Waals surface area contributed by atoms with Crippen molar-refractivity contribution < 1.29 is 19.5 Å². The molecule has 0 spiro atoms. The van der Waals surface area contributed by atoms with Crippen LogP contribution in [0.1, 0.15) is 46.9 Å². The molecule has 1 aliphatic rings. The third-order valence-electron chi connectivity index (χ3n) is 3.90. The Labute approximate surface area is 123 Å². The van der Waals surface area contributed by atoms with Crippen LogP contribution in [0.2, 0.25) is 0 Å². The van der Waals surface area contributed by atoms with Gasteiger partial charge in [-0.25, -0.2) is 0 Å². The number of carboxylic acid groups (broad SMARTS) is 1. The zero-order chi connectivity index (χ0) is 15.4. The molecule has 1 aromatic rings. The second kappa shape index (κ2) is 6.52. The van der Waals surface area contributed by atoms with Gasteiger partial charge in [0.1, 0.15) is 0 Å². The lowest BCUT2D eigenvalue weighted by Crippen LogP contribution is -2.38. The fourth-order valence-corrected chi connectivity index (χ4v) is 2.62. The number of rotatable bonds is 4. The quantitative estimate of drug-likeness (QED) is 0.862. The van der Waals surface area contributed by atoms with Crippen LogP contribution < -0.4 is 0 Å². The maximum atomic E-state index is 12.3. The fraction of sp³-hybridized carbons (Fsp3) is 0.438. The van der Waals surface area contributed by atoms with Gasteiger partial charge in [0.2, 0.25) is 0 Å². The maximum Gasteiger partial charge on any atom is 0.303 e. The minimum Gasteiger partial charge on any atom is -0.481 e. The van der Waals surface area contributed by atoms with Gasteiger partial charge in [0, 0.05) is 30.6 Å². The van der Waals surface area contributed by atoms with E-state index in [1.54, 1.807) is 29.2 Å². The highest BCUT2D eigenvalue weighted by atomic mass is 16.4. The number of hydrogen-bond acceptors (Lipinski definition) is 3. The predicted octanol–water partition coefficient (Wildman–Crippen LogP) is 2.22. The number of amides is 1. The monoisotopic (exact) mass is 289 g/mol. The maximum absolute atomic E-state index is 12.3. The normalized spacial score (nSPS) is 15.8. The highest BCUT2D eigenvalue weighted by molar-refractivity contribution is 5.97. The molecular formula is C16H19NO4. The van der Waals surface area contributed by atoms with E-state index < -0.39 is 5.97 Å². The molecule has 1 saturated heterocycles. The molecular weight excluding hydrogens is 270 g/mol. The zero-order valence-corrected chi connectivity index (χ0v) is 12.0. The molecule has 1 amide bonds. The Balaban J connectivity index is 1.95. The molecule has 0 unspecified atom stereocenters. The van der Waals surface area contributed by atoms with Crippen LogP contribution in [0, 0.1) is 5.92 Å². The number of carbonyl (C=O) groups is 3. The van der Waals surface area contributed by atoms with Crippen molar-refractivity contribution in [1.29, 1.82) is 0 Å². The molecule has 0 bridgehead atoms. The topological polar surface area (TPSA) is 74.7 Å². The van der Waals surface area contributed by atoms with Crippen LogP contribution in [0.4, 0.5) is 0 Å². The molecule has 5 nitrogen and oxygen atoms in total. The summed E-state index contributed by atoms with van der Waals surface area (Å²) in [4.78, 5) is 36.0. The average Bonchev–Trinajstić information content (AvgIpc) is 2.47. The van der Waals surface area contributed by atoms with Gasteiger partial charge in [0.25, 0.3) is 5.91 Å². The van der Waals surface area contributed by atoms with Gasteiger partial charge >= 0.3 is 5.97 Å². The van der Waals surface area contributed by atoms with Crippen molar-refractivity contribution in [3.05, 3.63) is 35.4 Å². The Morgan fingerprint density at radius 1 is 1.10 bits per heavy atom. The summed E-state index contributed by atoms with van der Waals surface area (Å²) in [7, 11) is 0. The lowest BCUT2D eigenvalue weighted by Gasteiger charge is -2.31. The number of likely N-dealkylation sites (tertiary alicyclic amines) is 1. The minimum atomic E-state index is -0.778. The van der Waals surface area contributed by atoms with Crippen LogP contribution in [-0.4, -0.2) is 40.8 Å². The number of nitrogens with zero attached hydrogens (tertiary/aromatic N) is 1. The van der Waals surface area contributed by atoms with Gasteiger partial charge in [0.05, 0.1) is 0 Å². The van der Waals surface area contributed by atoms with Gasteiger partial charge < -0.3 is 10.0 Å². The standard InChI is InChI=1S/C16H19NO4/c1-11(18)13-2-4-14(5-3-13)16(21)17-8-6-12(7-9-17)10-15(19)20/h2-5,12H,6-10H2,1H3,(H,19,20). The molecule has 1 N–H and O–H groups in total. The van der Waals surface area contributed by atoms with E-state index in [2.05, 4.69) is 0 Å². The summed E-state index contributed by atoms with van der Waals surface area (Å²) in [6.07, 6.45) is 1.63. The highest BCUT2D eigenvalue weighted by Crippen LogP contribution is 2.22. The van der Waals surface area contributed by atoms with Gasteiger partial charge in [0.15, 0.2) is 5.78 Å². The molecule has 0 saturated carbocycles. The number of Topliss-reactive ketones (excluding diaryl/α,β-unsaturated/α-hetero) is 1. The molecule has 0 radical (unpaired) electrons. The van der Waals surface area contributed by atoms with Crippen molar-refractivity contribution in [2.45, 2.75) is 26.2 Å². The Morgan fingerprint density at radius 2 is 1.62 bits per heavy atom. The Kier molecular flexibility index (Phi) is 4.73. The van der Waals surface area contributed by atoms with Crippen molar-refractivity contribution in [3.63, 3.8) is 0 Å². The third kappa shape index (κ3) is 3.90. The van der Waals surface area contributed by atoms with Crippen LogP contribution in [0.25, 0.3) is 0 Å². The number of piperidine rings is 1. The first-order valence-corrected chi connectivity index (χ1v) is 7.09. The number of aliphatic carboxylic acids is 1. The van der Waals surface area contributed by atoms with Crippen LogP contribution >= 0.6 is 0 Å². The van der Waals surface area contributed by atoms with Crippen LogP contribution in [0.5, 0.6) is 0 Å². The smallest absolute Gasteiger partial charge is 0.303 e. The number of carboxylic acids is 1. The summed E-state index contributed by atoms with van der Waals surface area (Å²) in [6.45, 7) is 2.67. The number of ketones is 1. The van der Waals surface area contributed by atoms with E-state index in [9.17, 15) is 14.4 Å². The van der Waals surface area contributed by atoms with E-state index in [0.29, 0.717) is 24.2 Å². The zero-order valence-electron chi connectivity index (χ0n) is 12.0. The summed E-state index contributed by atoms with van der Waals surface area (Å²) in [5.74, 6) is -0.700. The van der Waals surface area contributed by atoms with E-state index in [4.69, 9.17) is 5.11 Å². The lowest BCUT2D eigenvalue weighted by molar-refractivity contribution is -0.138. The number of benzene rings is 1. The molecule has 0 atom stereocenters. The van der Waals surface area contributed by atoms with Gasteiger partial charge in [-0.05, 0) is 37.8 Å². The first-order valence-electron chi connectivity index (χ1n) is 7.09.